The highest BCUT2D eigenvalue weighted by atomic mass is 16.6. The predicted octanol–water partition coefficient (Wildman–Crippen LogP) is 2.47. The maximum atomic E-state index is 11.2. The van der Waals surface area contributed by atoms with Crippen LogP contribution in [0, 0.1) is 10.1 Å². The zero-order valence-corrected chi connectivity index (χ0v) is 12.2. The van der Waals surface area contributed by atoms with E-state index >= 15 is 0 Å². The van der Waals surface area contributed by atoms with Gasteiger partial charge in [-0.05, 0) is 37.5 Å². The minimum Gasteiger partial charge on any atom is -0.368 e. The Kier molecular flexibility index (Phi) is 3.18. The molecule has 2 unspecified atom stereocenters. The van der Waals surface area contributed by atoms with E-state index in [1.54, 1.807) is 24.4 Å². The first-order valence-corrected chi connectivity index (χ1v) is 7.75. The van der Waals surface area contributed by atoms with Gasteiger partial charge in [-0.15, -0.1) is 0 Å². The van der Waals surface area contributed by atoms with E-state index in [2.05, 4.69) is 15.2 Å². The zero-order valence-electron chi connectivity index (χ0n) is 12.2. The van der Waals surface area contributed by atoms with Crippen LogP contribution in [0.25, 0.3) is 10.9 Å². The number of nitro benzene ring substituents is 1. The fraction of sp³-hybridized carbons (Fsp3) is 0.438. The maximum absolute atomic E-state index is 11.2. The molecule has 0 amide bonds. The van der Waals surface area contributed by atoms with Crippen molar-refractivity contribution in [1.82, 2.24) is 10.3 Å². The molecule has 2 aromatic rings. The van der Waals surface area contributed by atoms with Gasteiger partial charge in [0.15, 0.2) is 0 Å². The molecule has 1 aromatic carbocycles. The Balaban J connectivity index is 1.79. The number of aromatic nitrogens is 1. The first-order chi connectivity index (χ1) is 10.7. The summed E-state index contributed by atoms with van der Waals surface area (Å²) in [5.41, 5.74) is 1.87. The minimum atomic E-state index is -0.334. The lowest BCUT2D eigenvalue weighted by Gasteiger charge is -2.27. The Morgan fingerprint density at radius 3 is 2.95 bits per heavy atom. The van der Waals surface area contributed by atoms with Gasteiger partial charge in [-0.3, -0.25) is 15.1 Å². The molecule has 2 bridgehead atoms. The van der Waals surface area contributed by atoms with Crippen LogP contribution in [-0.2, 0) is 0 Å². The molecular weight excluding hydrogens is 280 g/mol. The Labute approximate surface area is 128 Å². The molecule has 1 aromatic heterocycles. The van der Waals surface area contributed by atoms with Gasteiger partial charge in [0, 0.05) is 37.4 Å². The Morgan fingerprint density at radius 1 is 1.23 bits per heavy atom. The van der Waals surface area contributed by atoms with Gasteiger partial charge < -0.3 is 10.2 Å². The van der Waals surface area contributed by atoms with E-state index in [1.165, 1.54) is 12.8 Å². The van der Waals surface area contributed by atoms with E-state index in [1.807, 2.05) is 6.07 Å². The second-order valence-corrected chi connectivity index (χ2v) is 6.13. The quantitative estimate of drug-likeness (QED) is 0.681. The van der Waals surface area contributed by atoms with Crippen molar-refractivity contribution in [2.45, 2.75) is 31.3 Å². The van der Waals surface area contributed by atoms with Gasteiger partial charge in [0.25, 0.3) is 5.69 Å². The van der Waals surface area contributed by atoms with Gasteiger partial charge >= 0.3 is 0 Å². The molecule has 2 fully saturated rings. The van der Waals surface area contributed by atoms with Gasteiger partial charge in [-0.2, -0.15) is 0 Å². The molecule has 0 aliphatic carbocycles. The summed E-state index contributed by atoms with van der Waals surface area (Å²) in [5, 5.41) is 15.5. The fourth-order valence-electron chi connectivity index (χ4n) is 3.72. The lowest BCUT2D eigenvalue weighted by atomic mass is 10.1. The van der Waals surface area contributed by atoms with Crippen molar-refractivity contribution in [2.75, 3.05) is 18.0 Å². The van der Waals surface area contributed by atoms with Gasteiger partial charge in [0.2, 0.25) is 0 Å². The van der Waals surface area contributed by atoms with Crippen molar-refractivity contribution < 1.29 is 4.92 Å². The van der Waals surface area contributed by atoms with Crippen molar-refractivity contribution in [2.24, 2.45) is 0 Å². The minimum absolute atomic E-state index is 0.126. The van der Waals surface area contributed by atoms with E-state index in [0.717, 1.165) is 30.7 Å². The van der Waals surface area contributed by atoms with E-state index in [0.29, 0.717) is 17.5 Å². The lowest BCUT2D eigenvalue weighted by Crippen LogP contribution is -2.35. The highest BCUT2D eigenvalue weighted by Crippen LogP contribution is 2.33. The summed E-state index contributed by atoms with van der Waals surface area (Å²) in [6.07, 6.45) is 5.29. The van der Waals surface area contributed by atoms with Gasteiger partial charge in [0.1, 0.15) is 5.52 Å². The summed E-state index contributed by atoms with van der Waals surface area (Å²) >= 11 is 0. The monoisotopic (exact) mass is 298 g/mol. The summed E-state index contributed by atoms with van der Waals surface area (Å²) in [4.78, 5) is 17.6. The first kappa shape index (κ1) is 13.5. The van der Waals surface area contributed by atoms with Crippen molar-refractivity contribution in [3.05, 3.63) is 40.6 Å². The van der Waals surface area contributed by atoms with Gasteiger partial charge in [-0.1, -0.05) is 0 Å². The first-order valence-electron chi connectivity index (χ1n) is 7.75. The standard InChI is InChI=1S/C16H18N4O2/c21-20(22)14-5-6-15(16-13(14)2-1-8-17-16)19-9-7-11-3-4-12(10-19)18-11/h1-2,5-6,8,11-12,18H,3-4,7,9-10H2. The SMILES string of the molecule is O=[N+]([O-])c1ccc(N2CCC3CCC(C2)N3)c2ncccc12. The number of benzene rings is 1. The maximum Gasteiger partial charge on any atom is 0.278 e. The van der Waals surface area contributed by atoms with Crippen LogP contribution in [0.5, 0.6) is 0 Å². The molecule has 2 saturated heterocycles. The number of nitrogens with zero attached hydrogens (tertiary/aromatic N) is 3. The Morgan fingerprint density at radius 2 is 2.09 bits per heavy atom. The van der Waals surface area contributed by atoms with Crippen molar-refractivity contribution in [3.8, 4) is 0 Å². The van der Waals surface area contributed by atoms with Crippen LogP contribution in [0.2, 0.25) is 0 Å². The third-order valence-electron chi connectivity index (χ3n) is 4.79. The summed E-state index contributed by atoms with van der Waals surface area (Å²) in [6, 6.07) is 8.13. The van der Waals surface area contributed by atoms with Crippen molar-refractivity contribution in [1.29, 1.82) is 0 Å². The number of anilines is 1. The van der Waals surface area contributed by atoms with Crippen molar-refractivity contribution >= 4 is 22.3 Å². The summed E-state index contributed by atoms with van der Waals surface area (Å²) in [6.45, 7) is 1.91. The number of nitrogens with one attached hydrogen (secondary N) is 1. The Bertz CT molecular complexity index is 733. The molecule has 6 nitrogen and oxygen atoms in total. The van der Waals surface area contributed by atoms with Crippen LogP contribution in [0.3, 0.4) is 0 Å². The van der Waals surface area contributed by atoms with Crippen LogP contribution < -0.4 is 10.2 Å². The second-order valence-electron chi connectivity index (χ2n) is 6.13. The normalized spacial score (nSPS) is 24.5. The number of rotatable bonds is 2. The highest BCUT2D eigenvalue weighted by Gasteiger charge is 2.30. The number of fused-ring (bicyclic) bond motifs is 3. The van der Waals surface area contributed by atoms with Gasteiger partial charge in [-0.25, -0.2) is 0 Å². The highest BCUT2D eigenvalue weighted by molar-refractivity contribution is 5.97. The molecule has 22 heavy (non-hydrogen) atoms. The zero-order chi connectivity index (χ0) is 15.1. The lowest BCUT2D eigenvalue weighted by molar-refractivity contribution is -0.383. The van der Waals surface area contributed by atoms with Crippen LogP contribution in [0.4, 0.5) is 11.4 Å². The molecule has 1 N–H and O–H groups in total. The molecule has 2 aliphatic rings. The largest absolute Gasteiger partial charge is 0.368 e. The predicted molar refractivity (Wildman–Crippen MR) is 85.2 cm³/mol. The molecular formula is C16H18N4O2. The summed E-state index contributed by atoms with van der Waals surface area (Å²) < 4.78 is 0. The van der Waals surface area contributed by atoms with E-state index in [4.69, 9.17) is 0 Å². The van der Waals surface area contributed by atoms with Crippen LogP contribution >= 0.6 is 0 Å². The third kappa shape index (κ3) is 2.20. The molecule has 6 heteroatoms. The number of pyridine rings is 1. The van der Waals surface area contributed by atoms with E-state index in [-0.39, 0.29) is 10.6 Å². The summed E-state index contributed by atoms with van der Waals surface area (Å²) in [7, 11) is 0. The molecule has 0 spiro atoms. The number of non-ortho nitro benzene ring substituents is 1. The smallest absolute Gasteiger partial charge is 0.278 e. The topological polar surface area (TPSA) is 71.3 Å². The molecule has 2 atom stereocenters. The van der Waals surface area contributed by atoms with E-state index in [9.17, 15) is 10.1 Å². The van der Waals surface area contributed by atoms with Crippen LogP contribution in [0.1, 0.15) is 19.3 Å². The molecule has 4 rings (SSSR count). The second kappa shape index (κ2) is 5.21. The molecule has 0 saturated carbocycles. The fourth-order valence-corrected chi connectivity index (χ4v) is 3.72. The Hall–Kier alpha value is -2.21. The van der Waals surface area contributed by atoms with Gasteiger partial charge in [0.05, 0.1) is 16.0 Å². The molecule has 3 heterocycles. The molecule has 0 radical (unpaired) electrons. The van der Waals surface area contributed by atoms with Crippen LogP contribution in [0.15, 0.2) is 30.5 Å². The number of hydrogen-bond donors (Lipinski definition) is 1. The molecule has 2 aliphatic heterocycles. The van der Waals surface area contributed by atoms with E-state index < -0.39 is 0 Å². The van der Waals surface area contributed by atoms with Crippen molar-refractivity contribution in [3.63, 3.8) is 0 Å². The third-order valence-corrected chi connectivity index (χ3v) is 4.79. The average Bonchev–Trinajstić information content (AvgIpc) is 2.85. The summed E-state index contributed by atoms with van der Waals surface area (Å²) in [5.74, 6) is 0. The molecule has 114 valence electrons. The van der Waals surface area contributed by atoms with Crippen LogP contribution in [-0.4, -0.2) is 35.1 Å². The average molecular weight is 298 g/mol. The number of hydrogen-bond acceptors (Lipinski definition) is 5. The number of nitro groups is 1.